The Hall–Kier alpha value is -0.450. The molecular formula is C12H19N3S. The molecule has 1 unspecified atom stereocenters. The van der Waals surface area contributed by atoms with Crippen molar-refractivity contribution in [2.75, 3.05) is 26.2 Å². The molecule has 2 aliphatic rings. The zero-order chi connectivity index (χ0) is 11.0. The lowest BCUT2D eigenvalue weighted by molar-refractivity contribution is 0.268. The zero-order valence-electron chi connectivity index (χ0n) is 9.83. The van der Waals surface area contributed by atoms with Crippen LogP contribution in [0, 0.1) is 12.3 Å². The van der Waals surface area contributed by atoms with Crippen molar-refractivity contribution in [1.29, 1.82) is 0 Å². The van der Waals surface area contributed by atoms with Gasteiger partial charge >= 0.3 is 0 Å². The maximum absolute atomic E-state index is 4.55. The average Bonchev–Trinajstić information content (AvgIpc) is 2.94. The van der Waals surface area contributed by atoms with Gasteiger partial charge < -0.3 is 5.32 Å². The first-order chi connectivity index (χ1) is 7.76. The second-order valence-corrected chi connectivity index (χ2v) is 6.21. The SMILES string of the molecule is Cc1csc(CN2CCC3(CCNC3)C2)n1. The molecule has 4 heteroatoms. The van der Waals surface area contributed by atoms with Gasteiger partial charge in [0.15, 0.2) is 0 Å². The molecule has 0 aromatic carbocycles. The van der Waals surface area contributed by atoms with Crippen LogP contribution < -0.4 is 5.32 Å². The van der Waals surface area contributed by atoms with Gasteiger partial charge in [0.2, 0.25) is 0 Å². The molecule has 88 valence electrons. The molecule has 16 heavy (non-hydrogen) atoms. The van der Waals surface area contributed by atoms with Gasteiger partial charge in [-0.1, -0.05) is 0 Å². The predicted octanol–water partition coefficient (Wildman–Crippen LogP) is 1.64. The molecule has 0 saturated carbocycles. The van der Waals surface area contributed by atoms with Gasteiger partial charge in [0.1, 0.15) is 5.01 Å². The molecule has 2 fully saturated rings. The van der Waals surface area contributed by atoms with E-state index in [1.54, 1.807) is 11.3 Å². The Balaban J connectivity index is 1.61. The van der Waals surface area contributed by atoms with E-state index in [1.165, 1.54) is 44.0 Å². The molecule has 0 amide bonds. The summed E-state index contributed by atoms with van der Waals surface area (Å²) in [4.78, 5) is 7.13. The van der Waals surface area contributed by atoms with E-state index in [4.69, 9.17) is 0 Å². The van der Waals surface area contributed by atoms with E-state index in [2.05, 4.69) is 27.5 Å². The van der Waals surface area contributed by atoms with E-state index in [0.29, 0.717) is 5.41 Å². The standard InChI is InChI=1S/C12H19N3S/c1-10-7-16-11(14-10)6-15-5-3-12(9-15)2-4-13-8-12/h7,13H,2-6,8-9H2,1H3. The normalized spacial score (nSPS) is 30.6. The molecule has 0 bridgehead atoms. The maximum Gasteiger partial charge on any atom is 0.107 e. The third-order valence-electron chi connectivity index (χ3n) is 3.87. The van der Waals surface area contributed by atoms with Crippen molar-refractivity contribution in [2.45, 2.75) is 26.3 Å². The topological polar surface area (TPSA) is 28.2 Å². The highest BCUT2D eigenvalue weighted by atomic mass is 32.1. The summed E-state index contributed by atoms with van der Waals surface area (Å²) in [5, 5.41) is 6.93. The summed E-state index contributed by atoms with van der Waals surface area (Å²) < 4.78 is 0. The van der Waals surface area contributed by atoms with Gasteiger partial charge in [-0.15, -0.1) is 11.3 Å². The second-order valence-electron chi connectivity index (χ2n) is 5.27. The van der Waals surface area contributed by atoms with Crippen LogP contribution in [-0.2, 0) is 6.54 Å². The third kappa shape index (κ3) is 2.01. The van der Waals surface area contributed by atoms with E-state index in [1.807, 2.05) is 0 Å². The second kappa shape index (κ2) is 4.09. The predicted molar refractivity (Wildman–Crippen MR) is 66.7 cm³/mol. The number of hydrogen-bond donors (Lipinski definition) is 1. The summed E-state index contributed by atoms with van der Waals surface area (Å²) >= 11 is 1.80. The first-order valence-corrected chi connectivity index (χ1v) is 6.98. The van der Waals surface area contributed by atoms with Gasteiger partial charge in [-0.2, -0.15) is 0 Å². The molecule has 1 spiro atoms. The number of nitrogens with one attached hydrogen (secondary N) is 1. The lowest BCUT2D eigenvalue weighted by Gasteiger charge is -2.22. The van der Waals surface area contributed by atoms with Crippen LogP contribution in [0.3, 0.4) is 0 Å². The fourth-order valence-corrected chi connectivity index (χ4v) is 3.79. The molecule has 1 aromatic rings. The Kier molecular flexibility index (Phi) is 2.73. The van der Waals surface area contributed by atoms with Gasteiger partial charge in [-0.3, -0.25) is 4.90 Å². The minimum Gasteiger partial charge on any atom is -0.316 e. The number of nitrogens with zero attached hydrogens (tertiary/aromatic N) is 2. The van der Waals surface area contributed by atoms with Gasteiger partial charge in [0, 0.05) is 24.2 Å². The van der Waals surface area contributed by atoms with Crippen molar-refractivity contribution in [1.82, 2.24) is 15.2 Å². The van der Waals surface area contributed by atoms with Crippen LogP contribution in [-0.4, -0.2) is 36.1 Å². The Morgan fingerprint density at radius 1 is 1.56 bits per heavy atom. The molecule has 1 aromatic heterocycles. The van der Waals surface area contributed by atoms with Crippen LogP contribution in [0.4, 0.5) is 0 Å². The lowest BCUT2D eigenvalue weighted by atomic mass is 9.87. The molecule has 1 N–H and O–H groups in total. The molecule has 0 radical (unpaired) electrons. The van der Waals surface area contributed by atoms with Crippen molar-refractivity contribution in [3.05, 3.63) is 16.1 Å². The van der Waals surface area contributed by atoms with E-state index in [-0.39, 0.29) is 0 Å². The molecule has 0 aliphatic carbocycles. The molecule has 2 saturated heterocycles. The quantitative estimate of drug-likeness (QED) is 0.847. The van der Waals surface area contributed by atoms with Crippen LogP contribution in [0.2, 0.25) is 0 Å². The monoisotopic (exact) mass is 237 g/mol. The summed E-state index contributed by atoms with van der Waals surface area (Å²) in [7, 11) is 0. The molecule has 3 rings (SSSR count). The summed E-state index contributed by atoms with van der Waals surface area (Å²) in [6, 6.07) is 0. The summed E-state index contributed by atoms with van der Waals surface area (Å²) in [6.45, 7) is 8.08. The minimum absolute atomic E-state index is 0.590. The highest BCUT2D eigenvalue weighted by Crippen LogP contribution is 2.36. The summed E-state index contributed by atoms with van der Waals surface area (Å²) in [5.74, 6) is 0. The lowest BCUT2D eigenvalue weighted by Crippen LogP contribution is -2.28. The van der Waals surface area contributed by atoms with Crippen molar-refractivity contribution >= 4 is 11.3 Å². The number of thiazole rings is 1. The van der Waals surface area contributed by atoms with E-state index in [9.17, 15) is 0 Å². The van der Waals surface area contributed by atoms with Crippen LogP contribution in [0.1, 0.15) is 23.5 Å². The first-order valence-electron chi connectivity index (χ1n) is 6.10. The molecule has 3 nitrogen and oxygen atoms in total. The molecule has 3 heterocycles. The van der Waals surface area contributed by atoms with Gasteiger partial charge in [0.25, 0.3) is 0 Å². The van der Waals surface area contributed by atoms with Crippen LogP contribution in [0.15, 0.2) is 5.38 Å². The summed E-state index contributed by atoms with van der Waals surface area (Å²) in [5.41, 5.74) is 1.75. The zero-order valence-corrected chi connectivity index (χ0v) is 10.6. The summed E-state index contributed by atoms with van der Waals surface area (Å²) in [6.07, 6.45) is 2.73. The maximum atomic E-state index is 4.55. The highest BCUT2D eigenvalue weighted by Gasteiger charge is 2.40. The number of aromatic nitrogens is 1. The van der Waals surface area contributed by atoms with E-state index < -0.39 is 0 Å². The van der Waals surface area contributed by atoms with Crippen molar-refractivity contribution in [3.8, 4) is 0 Å². The fraction of sp³-hybridized carbons (Fsp3) is 0.750. The largest absolute Gasteiger partial charge is 0.316 e. The molecule has 1 atom stereocenters. The minimum atomic E-state index is 0.590. The fourth-order valence-electron chi connectivity index (χ4n) is 2.97. The molecular weight excluding hydrogens is 218 g/mol. The van der Waals surface area contributed by atoms with Crippen molar-refractivity contribution in [3.63, 3.8) is 0 Å². The third-order valence-corrected chi connectivity index (χ3v) is 4.83. The molecule has 2 aliphatic heterocycles. The van der Waals surface area contributed by atoms with Crippen LogP contribution in [0.5, 0.6) is 0 Å². The Labute approximate surface area is 101 Å². The number of hydrogen-bond acceptors (Lipinski definition) is 4. The van der Waals surface area contributed by atoms with Gasteiger partial charge in [0.05, 0.1) is 6.54 Å². The highest BCUT2D eigenvalue weighted by molar-refractivity contribution is 7.09. The van der Waals surface area contributed by atoms with Crippen LogP contribution >= 0.6 is 11.3 Å². The van der Waals surface area contributed by atoms with Gasteiger partial charge in [-0.25, -0.2) is 4.98 Å². The van der Waals surface area contributed by atoms with Gasteiger partial charge in [-0.05, 0) is 38.3 Å². The number of rotatable bonds is 2. The van der Waals surface area contributed by atoms with Crippen molar-refractivity contribution in [2.24, 2.45) is 5.41 Å². The van der Waals surface area contributed by atoms with Crippen LogP contribution in [0.25, 0.3) is 0 Å². The number of likely N-dealkylation sites (tertiary alicyclic amines) is 1. The number of aryl methyl sites for hydroxylation is 1. The average molecular weight is 237 g/mol. The Morgan fingerprint density at radius 2 is 2.50 bits per heavy atom. The Morgan fingerprint density at radius 3 is 3.19 bits per heavy atom. The van der Waals surface area contributed by atoms with E-state index in [0.717, 1.165) is 12.2 Å². The van der Waals surface area contributed by atoms with Crippen molar-refractivity contribution < 1.29 is 0 Å². The van der Waals surface area contributed by atoms with E-state index >= 15 is 0 Å². The Bertz CT molecular complexity index is 368. The first kappa shape index (κ1) is 10.7. The smallest absolute Gasteiger partial charge is 0.107 e.